The molecule has 2 aromatic heterocycles. The second-order valence-corrected chi connectivity index (χ2v) is 8.11. The zero-order chi connectivity index (χ0) is 21.1. The Morgan fingerprint density at radius 1 is 1.21 bits per heavy atom. The lowest BCUT2D eigenvalue weighted by Crippen LogP contribution is -2.21. The molecule has 156 valence electrons. The van der Waals surface area contributed by atoms with Gasteiger partial charge in [0.2, 0.25) is 5.91 Å². The van der Waals surface area contributed by atoms with E-state index in [0.717, 1.165) is 52.5 Å². The van der Waals surface area contributed by atoms with Crippen LogP contribution < -0.4 is 5.32 Å². The number of hydrogen-bond donors (Lipinski definition) is 2. The Hall–Kier alpha value is -2.60. The molecule has 0 aliphatic rings. The van der Waals surface area contributed by atoms with Gasteiger partial charge in [0.05, 0.1) is 22.7 Å². The van der Waals surface area contributed by atoms with Crippen molar-refractivity contribution < 1.29 is 9.53 Å². The van der Waals surface area contributed by atoms with E-state index in [4.69, 9.17) is 9.72 Å². The predicted molar refractivity (Wildman–Crippen MR) is 118 cm³/mol. The van der Waals surface area contributed by atoms with Gasteiger partial charge in [-0.05, 0) is 51.8 Å². The lowest BCUT2D eigenvalue weighted by Gasteiger charge is -2.15. The minimum Gasteiger partial charge on any atom is -0.379 e. The lowest BCUT2D eigenvalue weighted by atomic mass is 10.1. The molecule has 1 aromatic carbocycles. The summed E-state index contributed by atoms with van der Waals surface area (Å²) in [5.74, 6) is 1.48. The Balaban J connectivity index is 2.03. The largest absolute Gasteiger partial charge is 0.379 e. The number of aromatic amines is 1. The second-order valence-electron chi connectivity index (χ2n) is 8.11. The van der Waals surface area contributed by atoms with Crippen LogP contribution in [0.4, 0.5) is 5.82 Å². The molecule has 6 heteroatoms. The van der Waals surface area contributed by atoms with Gasteiger partial charge in [-0.25, -0.2) is 4.98 Å². The highest BCUT2D eigenvalue weighted by Gasteiger charge is 2.23. The first kappa shape index (κ1) is 21.1. The average molecular weight is 397 g/mol. The monoisotopic (exact) mass is 396 g/mol. The molecule has 29 heavy (non-hydrogen) atoms. The molecule has 0 saturated carbocycles. The molecule has 0 fully saturated rings. The van der Waals surface area contributed by atoms with Crippen molar-refractivity contribution in [2.45, 2.75) is 60.6 Å². The van der Waals surface area contributed by atoms with Crippen molar-refractivity contribution in [3.63, 3.8) is 0 Å². The van der Waals surface area contributed by atoms with Gasteiger partial charge in [-0.2, -0.15) is 0 Å². The summed E-state index contributed by atoms with van der Waals surface area (Å²) in [5.41, 5.74) is 5.10. The summed E-state index contributed by atoms with van der Waals surface area (Å²) in [6.07, 6.45) is 1.09. The normalized spacial score (nSPS) is 11.7. The molecule has 0 saturated heterocycles. The fourth-order valence-electron chi connectivity index (χ4n) is 3.44. The van der Waals surface area contributed by atoms with Crippen molar-refractivity contribution in [1.29, 1.82) is 0 Å². The molecule has 3 aromatic rings. The van der Waals surface area contributed by atoms with E-state index in [0.29, 0.717) is 6.61 Å². The SMILES string of the molecule is Cc1c(-c2nc3ccccc3[nH]2)c(NC(=O)C(C)C)n(CCCOC(C)C)c1C. The van der Waals surface area contributed by atoms with Crippen molar-refractivity contribution in [2.24, 2.45) is 5.92 Å². The quantitative estimate of drug-likeness (QED) is 0.523. The number of H-pyrrole nitrogens is 1. The molecule has 0 atom stereocenters. The first-order valence-electron chi connectivity index (χ1n) is 10.4. The lowest BCUT2D eigenvalue weighted by molar-refractivity contribution is -0.118. The smallest absolute Gasteiger partial charge is 0.228 e. The second kappa shape index (κ2) is 8.82. The van der Waals surface area contributed by atoms with Crippen LogP contribution in [0.1, 0.15) is 45.4 Å². The Morgan fingerprint density at radius 3 is 2.59 bits per heavy atom. The van der Waals surface area contributed by atoms with Crippen LogP contribution in [0.2, 0.25) is 0 Å². The minimum absolute atomic E-state index is 0.000425. The van der Waals surface area contributed by atoms with E-state index in [1.807, 2.05) is 52.0 Å². The summed E-state index contributed by atoms with van der Waals surface area (Å²) in [6.45, 7) is 13.5. The van der Waals surface area contributed by atoms with Gasteiger partial charge in [0.25, 0.3) is 0 Å². The van der Waals surface area contributed by atoms with E-state index in [9.17, 15) is 4.79 Å². The van der Waals surface area contributed by atoms with E-state index < -0.39 is 0 Å². The number of nitrogens with zero attached hydrogens (tertiary/aromatic N) is 2. The number of rotatable bonds is 8. The number of benzene rings is 1. The van der Waals surface area contributed by atoms with E-state index >= 15 is 0 Å². The van der Waals surface area contributed by atoms with Gasteiger partial charge in [0.1, 0.15) is 11.6 Å². The Kier molecular flexibility index (Phi) is 6.42. The minimum atomic E-state index is -0.105. The Bertz CT molecular complexity index is 965. The molecule has 2 N–H and O–H groups in total. The topological polar surface area (TPSA) is 71.9 Å². The van der Waals surface area contributed by atoms with Crippen LogP contribution in [0.15, 0.2) is 24.3 Å². The number of imidazole rings is 1. The number of anilines is 1. The molecule has 0 aliphatic carbocycles. The first-order chi connectivity index (χ1) is 13.8. The number of hydrogen-bond acceptors (Lipinski definition) is 3. The van der Waals surface area contributed by atoms with E-state index in [-0.39, 0.29) is 17.9 Å². The van der Waals surface area contributed by atoms with Crippen LogP contribution >= 0.6 is 0 Å². The van der Waals surface area contributed by atoms with Crippen molar-refractivity contribution in [3.05, 3.63) is 35.5 Å². The number of carbonyl (C=O) groups excluding carboxylic acids is 1. The van der Waals surface area contributed by atoms with Crippen LogP contribution in [0.5, 0.6) is 0 Å². The van der Waals surface area contributed by atoms with Crippen LogP contribution in [-0.4, -0.2) is 33.2 Å². The maximum Gasteiger partial charge on any atom is 0.228 e. The summed E-state index contributed by atoms with van der Waals surface area (Å²) in [4.78, 5) is 20.8. The molecule has 1 amide bonds. The number of nitrogens with one attached hydrogen (secondary N) is 2. The van der Waals surface area contributed by atoms with Crippen molar-refractivity contribution in [2.75, 3.05) is 11.9 Å². The summed E-state index contributed by atoms with van der Waals surface area (Å²) in [7, 11) is 0. The predicted octanol–water partition coefficient (Wildman–Crippen LogP) is 5.06. The highest BCUT2D eigenvalue weighted by molar-refractivity contribution is 5.96. The molecule has 0 bridgehead atoms. The fourth-order valence-corrected chi connectivity index (χ4v) is 3.44. The molecule has 0 aliphatic heterocycles. The van der Waals surface area contributed by atoms with Crippen LogP contribution in [0.3, 0.4) is 0 Å². The summed E-state index contributed by atoms with van der Waals surface area (Å²) in [6, 6.07) is 7.97. The summed E-state index contributed by atoms with van der Waals surface area (Å²) >= 11 is 0. The number of fused-ring (bicyclic) bond motifs is 1. The molecular formula is C23H32N4O2. The van der Waals surface area contributed by atoms with Crippen LogP contribution in [0, 0.1) is 19.8 Å². The number of aromatic nitrogens is 3. The van der Waals surface area contributed by atoms with E-state index in [1.165, 1.54) is 0 Å². The Labute approximate surface area is 172 Å². The molecule has 0 radical (unpaired) electrons. The Morgan fingerprint density at radius 2 is 1.93 bits per heavy atom. The van der Waals surface area contributed by atoms with Crippen molar-refractivity contribution >= 4 is 22.8 Å². The third kappa shape index (κ3) is 4.53. The molecule has 6 nitrogen and oxygen atoms in total. The highest BCUT2D eigenvalue weighted by atomic mass is 16.5. The third-order valence-corrected chi connectivity index (χ3v) is 5.20. The number of para-hydroxylation sites is 2. The first-order valence-corrected chi connectivity index (χ1v) is 10.4. The zero-order valence-electron chi connectivity index (χ0n) is 18.3. The number of carbonyl (C=O) groups is 1. The maximum atomic E-state index is 12.6. The highest BCUT2D eigenvalue weighted by Crippen LogP contribution is 2.36. The number of amides is 1. The van der Waals surface area contributed by atoms with E-state index in [2.05, 4.69) is 28.7 Å². The van der Waals surface area contributed by atoms with Gasteiger partial charge in [0.15, 0.2) is 0 Å². The molecule has 0 unspecified atom stereocenters. The van der Waals surface area contributed by atoms with Gasteiger partial charge in [-0.1, -0.05) is 26.0 Å². The maximum absolute atomic E-state index is 12.6. The molecule has 2 heterocycles. The summed E-state index contributed by atoms with van der Waals surface area (Å²) < 4.78 is 7.89. The molecular weight excluding hydrogens is 364 g/mol. The van der Waals surface area contributed by atoms with Crippen molar-refractivity contribution in [1.82, 2.24) is 14.5 Å². The van der Waals surface area contributed by atoms with Crippen LogP contribution in [0.25, 0.3) is 22.4 Å². The standard InChI is InChI=1S/C23H32N4O2/c1-14(2)23(28)26-22-20(21-24-18-10-7-8-11-19(18)25-21)16(5)17(6)27(22)12-9-13-29-15(3)4/h7-8,10-11,14-15H,9,12-13H2,1-6H3,(H,24,25)(H,26,28). The van der Waals surface area contributed by atoms with Gasteiger partial charge >= 0.3 is 0 Å². The zero-order valence-corrected chi connectivity index (χ0v) is 18.3. The van der Waals surface area contributed by atoms with Crippen molar-refractivity contribution in [3.8, 4) is 11.4 Å². The third-order valence-electron chi connectivity index (χ3n) is 5.20. The molecule has 0 spiro atoms. The fraction of sp³-hybridized carbons (Fsp3) is 0.478. The van der Waals surface area contributed by atoms with E-state index in [1.54, 1.807) is 0 Å². The molecule has 3 rings (SSSR count). The van der Waals surface area contributed by atoms with Gasteiger partial charge < -0.3 is 19.6 Å². The number of ether oxygens (including phenoxy) is 1. The van der Waals surface area contributed by atoms with Crippen LogP contribution in [-0.2, 0) is 16.1 Å². The average Bonchev–Trinajstić information content (AvgIpc) is 3.18. The summed E-state index contributed by atoms with van der Waals surface area (Å²) in [5, 5.41) is 3.16. The van der Waals surface area contributed by atoms with Gasteiger partial charge in [-0.15, -0.1) is 0 Å². The van der Waals surface area contributed by atoms with Gasteiger partial charge in [-0.3, -0.25) is 4.79 Å². The van der Waals surface area contributed by atoms with Gasteiger partial charge in [0, 0.05) is 24.8 Å².